The molecule has 1 aromatic carbocycles. The Labute approximate surface area is 125 Å². The zero-order valence-corrected chi connectivity index (χ0v) is 12.6. The lowest BCUT2D eigenvalue weighted by atomic mass is 9.90. The Kier molecular flexibility index (Phi) is 5.33. The first-order chi connectivity index (χ1) is 10.1. The van der Waals surface area contributed by atoms with E-state index in [2.05, 4.69) is 16.0 Å². The summed E-state index contributed by atoms with van der Waals surface area (Å²) in [6.45, 7) is 5.73. The Balaban J connectivity index is 2.00. The molecule has 5 nitrogen and oxygen atoms in total. The number of nitrogens with one attached hydrogen (secondary N) is 3. The van der Waals surface area contributed by atoms with E-state index in [1.807, 2.05) is 31.2 Å². The van der Waals surface area contributed by atoms with Gasteiger partial charge in [-0.1, -0.05) is 31.2 Å². The molecule has 2 atom stereocenters. The van der Waals surface area contributed by atoms with Crippen LogP contribution in [0, 0.1) is 0 Å². The Hall–Kier alpha value is -1.88. The molecule has 1 aromatic rings. The molecule has 0 aromatic heterocycles. The molecule has 0 bridgehead atoms. The van der Waals surface area contributed by atoms with Gasteiger partial charge in [0.15, 0.2) is 0 Å². The molecule has 5 heteroatoms. The normalized spacial score (nSPS) is 18.5. The highest BCUT2D eigenvalue weighted by Crippen LogP contribution is 2.23. The molecular formula is C16H23N3O2. The van der Waals surface area contributed by atoms with E-state index in [0.717, 1.165) is 24.1 Å². The minimum absolute atomic E-state index is 0.103. The van der Waals surface area contributed by atoms with Crippen molar-refractivity contribution in [1.82, 2.24) is 16.0 Å². The SMILES string of the molecule is CCCNC(=O)C(C)NC(=O)C1CNCc2ccccc21. The Morgan fingerprint density at radius 1 is 1.38 bits per heavy atom. The van der Waals surface area contributed by atoms with Crippen LogP contribution in [0.3, 0.4) is 0 Å². The van der Waals surface area contributed by atoms with Gasteiger partial charge in [-0.25, -0.2) is 0 Å². The topological polar surface area (TPSA) is 70.2 Å². The lowest BCUT2D eigenvalue weighted by Gasteiger charge is -2.26. The van der Waals surface area contributed by atoms with Gasteiger partial charge < -0.3 is 16.0 Å². The summed E-state index contributed by atoms with van der Waals surface area (Å²) in [6.07, 6.45) is 0.881. The van der Waals surface area contributed by atoms with Crippen molar-refractivity contribution in [1.29, 1.82) is 0 Å². The summed E-state index contributed by atoms with van der Waals surface area (Å²) in [5.41, 5.74) is 2.20. The number of hydrogen-bond donors (Lipinski definition) is 3. The molecule has 0 spiro atoms. The van der Waals surface area contributed by atoms with E-state index in [1.165, 1.54) is 0 Å². The standard InChI is InChI=1S/C16H23N3O2/c1-3-8-18-15(20)11(2)19-16(21)14-10-17-9-12-6-4-5-7-13(12)14/h4-7,11,14,17H,3,8-10H2,1-2H3,(H,18,20)(H,19,21). The fourth-order valence-electron chi connectivity index (χ4n) is 2.51. The summed E-state index contributed by atoms with van der Waals surface area (Å²) < 4.78 is 0. The lowest BCUT2D eigenvalue weighted by Crippen LogP contribution is -2.48. The quantitative estimate of drug-likeness (QED) is 0.754. The highest BCUT2D eigenvalue weighted by Gasteiger charge is 2.27. The number of carbonyl (C=O) groups excluding carboxylic acids is 2. The zero-order valence-electron chi connectivity index (χ0n) is 12.6. The lowest BCUT2D eigenvalue weighted by molar-refractivity contribution is -0.129. The molecule has 0 saturated heterocycles. The zero-order chi connectivity index (χ0) is 15.2. The van der Waals surface area contributed by atoms with Gasteiger partial charge in [-0.05, 0) is 24.5 Å². The fraction of sp³-hybridized carbons (Fsp3) is 0.500. The van der Waals surface area contributed by atoms with Gasteiger partial charge in [0.1, 0.15) is 6.04 Å². The molecule has 21 heavy (non-hydrogen) atoms. The molecule has 2 amide bonds. The molecule has 2 rings (SSSR count). The maximum Gasteiger partial charge on any atom is 0.242 e. The van der Waals surface area contributed by atoms with Crippen LogP contribution >= 0.6 is 0 Å². The van der Waals surface area contributed by atoms with Gasteiger partial charge >= 0.3 is 0 Å². The first-order valence-electron chi connectivity index (χ1n) is 7.50. The van der Waals surface area contributed by atoms with Crippen molar-refractivity contribution in [3.63, 3.8) is 0 Å². The van der Waals surface area contributed by atoms with Crippen LogP contribution in [0.15, 0.2) is 24.3 Å². The third kappa shape index (κ3) is 3.82. The molecule has 1 aliphatic heterocycles. The van der Waals surface area contributed by atoms with E-state index in [1.54, 1.807) is 6.92 Å². The molecule has 114 valence electrons. The average Bonchev–Trinajstić information content (AvgIpc) is 2.51. The Bertz CT molecular complexity index is 516. The van der Waals surface area contributed by atoms with Gasteiger partial charge in [0.25, 0.3) is 0 Å². The van der Waals surface area contributed by atoms with Gasteiger partial charge in [0, 0.05) is 19.6 Å². The van der Waals surface area contributed by atoms with E-state index in [-0.39, 0.29) is 17.7 Å². The minimum Gasteiger partial charge on any atom is -0.354 e. The van der Waals surface area contributed by atoms with Crippen LogP contribution in [0.25, 0.3) is 0 Å². The van der Waals surface area contributed by atoms with Crippen LogP contribution in [-0.4, -0.2) is 30.9 Å². The second kappa shape index (κ2) is 7.22. The van der Waals surface area contributed by atoms with Crippen molar-refractivity contribution in [2.45, 2.75) is 38.8 Å². The van der Waals surface area contributed by atoms with Crippen molar-refractivity contribution in [2.75, 3.05) is 13.1 Å². The van der Waals surface area contributed by atoms with Gasteiger partial charge in [0.05, 0.1) is 5.92 Å². The van der Waals surface area contributed by atoms with Gasteiger partial charge in [-0.3, -0.25) is 9.59 Å². The van der Waals surface area contributed by atoms with Crippen molar-refractivity contribution in [3.8, 4) is 0 Å². The number of rotatable bonds is 5. The van der Waals surface area contributed by atoms with Crippen LogP contribution < -0.4 is 16.0 Å². The van der Waals surface area contributed by atoms with Crippen LogP contribution in [0.5, 0.6) is 0 Å². The van der Waals surface area contributed by atoms with Crippen molar-refractivity contribution >= 4 is 11.8 Å². The fourth-order valence-corrected chi connectivity index (χ4v) is 2.51. The minimum atomic E-state index is -0.516. The van der Waals surface area contributed by atoms with Crippen LogP contribution in [-0.2, 0) is 16.1 Å². The number of benzene rings is 1. The number of fused-ring (bicyclic) bond motifs is 1. The summed E-state index contributed by atoms with van der Waals surface area (Å²) in [5.74, 6) is -0.479. The van der Waals surface area contributed by atoms with Crippen LogP contribution in [0.2, 0.25) is 0 Å². The predicted molar refractivity (Wildman–Crippen MR) is 81.8 cm³/mol. The molecule has 0 fully saturated rings. The molecule has 0 aliphatic carbocycles. The molecule has 0 radical (unpaired) electrons. The largest absolute Gasteiger partial charge is 0.354 e. The summed E-state index contributed by atoms with van der Waals surface area (Å²) in [4.78, 5) is 24.2. The van der Waals surface area contributed by atoms with Crippen LogP contribution in [0.4, 0.5) is 0 Å². The third-order valence-corrected chi connectivity index (χ3v) is 3.71. The maximum atomic E-state index is 12.4. The monoisotopic (exact) mass is 289 g/mol. The van der Waals surface area contributed by atoms with Gasteiger partial charge in [0.2, 0.25) is 11.8 Å². The second-order valence-electron chi connectivity index (χ2n) is 5.40. The first kappa shape index (κ1) is 15.5. The second-order valence-corrected chi connectivity index (χ2v) is 5.40. The van der Waals surface area contributed by atoms with Crippen molar-refractivity contribution in [3.05, 3.63) is 35.4 Å². The maximum absolute atomic E-state index is 12.4. The highest BCUT2D eigenvalue weighted by molar-refractivity contribution is 5.90. The summed E-state index contributed by atoms with van der Waals surface area (Å²) in [7, 11) is 0. The molecule has 3 N–H and O–H groups in total. The van der Waals surface area contributed by atoms with Crippen molar-refractivity contribution < 1.29 is 9.59 Å². The summed E-state index contributed by atoms with van der Waals surface area (Å²) >= 11 is 0. The molecule has 0 saturated carbocycles. The third-order valence-electron chi connectivity index (χ3n) is 3.71. The number of amides is 2. The average molecular weight is 289 g/mol. The number of carbonyl (C=O) groups is 2. The van der Waals surface area contributed by atoms with Gasteiger partial charge in [-0.2, -0.15) is 0 Å². The summed E-state index contributed by atoms with van der Waals surface area (Å²) in [5, 5.41) is 8.85. The predicted octanol–water partition coefficient (Wildman–Crippen LogP) is 0.904. The highest BCUT2D eigenvalue weighted by atomic mass is 16.2. The van der Waals surface area contributed by atoms with Crippen molar-refractivity contribution in [2.24, 2.45) is 0 Å². The smallest absolute Gasteiger partial charge is 0.242 e. The Morgan fingerprint density at radius 2 is 2.14 bits per heavy atom. The van der Waals surface area contributed by atoms with E-state index >= 15 is 0 Å². The Morgan fingerprint density at radius 3 is 2.90 bits per heavy atom. The van der Waals surface area contributed by atoms with Crippen LogP contribution in [0.1, 0.15) is 37.3 Å². The number of hydrogen-bond acceptors (Lipinski definition) is 3. The van der Waals surface area contributed by atoms with E-state index in [9.17, 15) is 9.59 Å². The van der Waals surface area contributed by atoms with E-state index in [4.69, 9.17) is 0 Å². The molecule has 2 unspecified atom stereocenters. The molecule has 1 aliphatic rings. The summed E-state index contributed by atoms with van der Waals surface area (Å²) in [6, 6.07) is 7.42. The first-order valence-corrected chi connectivity index (χ1v) is 7.50. The van der Waals surface area contributed by atoms with E-state index < -0.39 is 6.04 Å². The molecule has 1 heterocycles. The van der Waals surface area contributed by atoms with E-state index in [0.29, 0.717) is 13.1 Å². The molecular weight excluding hydrogens is 266 g/mol. The van der Waals surface area contributed by atoms with Gasteiger partial charge in [-0.15, -0.1) is 0 Å².